The molecule has 1 heterocycles. The third kappa shape index (κ3) is 3.23. The van der Waals surface area contributed by atoms with Gasteiger partial charge in [0.05, 0.1) is 45.4 Å². The number of rotatable bonds is 5. The monoisotopic (exact) mass is 421 g/mol. The molecular weight excluding hydrogens is 394 g/mol. The van der Waals surface area contributed by atoms with Gasteiger partial charge in [0.15, 0.2) is 0 Å². The number of phenols is 1. The van der Waals surface area contributed by atoms with E-state index in [1.54, 1.807) is 34.5 Å². The Morgan fingerprint density at radius 3 is 2.23 bits per heavy atom. The molecule has 3 aromatic rings. The molecule has 31 heavy (non-hydrogen) atoms. The van der Waals surface area contributed by atoms with E-state index in [-0.39, 0.29) is 11.8 Å². The van der Waals surface area contributed by atoms with Gasteiger partial charge in [-0.15, -0.1) is 0 Å². The van der Waals surface area contributed by atoms with E-state index in [9.17, 15) is 5.11 Å². The summed E-state index contributed by atoms with van der Waals surface area (Å²) < 4.78 is 22.9. The van der Waals surface area contributed by atoms with Crippen molar-refractivity contribution in [3.8, 4) is 39.9 Å². The number of ether oxygens (including phenoxy) is 4. The second-order valence-electron chi connectivity index (χ2n) is 7.64. The van der Waals surface area contributed by atoms with E-state index in [1.165, 1.54) is 0 Å². The molecule has 0 radical (unpaired) electrons. The third-order valence-corrected chi connectivity index (χ3v) is 5.80. The number of methoxy groups -OCH3 is 4. The first-order valence-corrected chi connectivity index (χ1v) is 10.1. The Labute approximate surface area is 182 Å². The zero-order valence-corrected chi connectivity index (χ0v) is 18.7. The van der Waals surface area contributed by atoms with Gasteiger partial charge in [-0.1, -0.05) is 12.1 Å². The second kappa shape index (κ2) is 8.02. The van der Waals surface area contributed by atoms with Crippen LogP contribution in [0.4, 0.5) is 0 Å². The number of benzene rings is 3. The van der Waals surface area contributed by atoms with E-state index in [2.05, 4.69) is 6.92 Å². The lowest BCUT2D eigenvalue weighted by Crippen LogP contribution is -2.18. The Morgan fingerprint density at radius 1 is 0.871 bits per heavy atom. The van der Waals surface area contributed by atoms with Crippen LogP contribution in [0.15, 0.2) is 35.3 Å². The van der Waals surface area contributed by atoms with Gasteiger partial charge in [-0.2, -0.15) is 0 Å². The van der Waals surface area contributed by atoms with Gasteiger partial charge in [-0.05, 0) is 38.0 Å². The molecule has 1 atom stereocenters. The number of aliphatic imine (C=N–C) groups is 1. The predicted octanol–water partition coefficient (Wildman–Crippen LogP) is 5.00. The number of hydrogen-bond donors (Lipinski definition) is 1. The molecule has 0 amide bonds. The Morgan fingerprint density at radius 2 is 1.58 bits per heavy atom. The maximum atomic E-state index is 11.1. The van der Waals surface area contributed by atoms with Crippen molar-refractivity contribution in [1.29, 1.82) is 0 Å². The largest absolute Gasteiger partial charge is 0.507 e. The highest BCUT2D eigenvalue weighted by Crippen LogP contribution is 2.52. The molecule has 0 fully saturated rings. The van der Waals surface area contributed by atoms with Crippen molar-refractivity contribution in [2.24, 2.45) is 4.99 Å². The van der Waals surface area contributed by atoms with Gasteiger partial charge < -0.3 is 24.1 Å². The predicted molar refractivity (Wildman–Crippen MR) is 123 cm³/mol. The summed E-state index contributed by atoms with van der Waals surface area (Å²) in [5, 5.41) is 12.7. The van der Waals surface area contributed by atoms with Gasteiger partial charge in [0, 0.05) is 28.3 Å². The molecule has 1 aliphatic heterocycles. The molecule has 0 aliphatic carbocycles. The Hall–Kier alpha value is -3.41. The van der Waals surface area contributed by atoms with E-state index in [0.717, 1.165) is 34.0 Å². The average Bonchev–Trinajstić information content (AvgIpc) is 2.76. The fraction of sp³-hybridized carbons (Fsp3) is 0.320. The Bertz CT molecular complexity index is 1200. The molecule has 6 heteroatoms. The van der Waals surface area contributed by atoms with Crippen LogP contribution in [0.25, 0.3) is 21.9 Å². The van der Waals surface area contributed by atoms with Gasteiger partial charge in [0.25, 0.3) is 0 Å². The maximum Gasteiger partial charge on any atom is 0.139 e. The molecule has 6 nitrogen and oxygen atoms in total. The van der Waals surface area contributed by atoms with Crippen LogP contribution in [-0.2, 0) is 6.42 Å². The molecule has 0 saturated heterocycles. The van der Waals surface area contributed by atoms with E-state index >= 15 is 0 Å². The summed E-state index contributed by atoms with van der Waals surface area (Å²) in [5.41, 5.74) is 4.24. The van der Waals surface area contributed by atoms with Crippen molar-refractivity contribution < 1.29 is 24.1 Å². The highest BCUT2D eigenvalue weighted by molar-refractivity contribution is 6.11. The maximum absolute atomic E-state index is 11.1. The van der Waals surface area contributed by atoms with Gasteiger partial charge in [-0.25, -0.2) is 0 Å². The normalized spacial score (nSPS) is 15.3. The highest BCUT2D eigenvalue weighted by Gasteiger charge is 2.29. The van der Waals surface area contributed by atoms with Crippen molar-refractivity contribution in [3.05, 3.63) is 41.5 Å². The highest BCUT2D eigenvalue weighted by atomic mass is 16.5. The fourth-order valence-electron chi connectivity index (χ4n) is 4.60. The Balaban J connectivity index is 2.17. The van der Waals surface area contributed by atoms with Crippen molar-refractivity contribution >= 4 is 16.5 Å². The first-order valence-electron chi connectivity index (χ1n) is 10.1. The van der Waals surface area contributed by atoms with E-state index in [0.29, 0.717) is 34.1 Å². The van der Waals surface area contributed by atoms with E-state index in [1.807, 2.05) is 31.2 Å². The minimum Gasteiger partial charge on any atom is -0.507 e. The molecule has 4 rings (SSSR count). The number of phenolic OH excluding ortho intramolecular Hbond substituents is 1. The molecule has 0 bridgehead atoms. The SMILES string of the molecule is COc1cc2c(c(OC)c1-c1c(O)cc(OC)c3c(OC)cccc13)C(C)=N[C@@H](C)C2. The summed E-state index contributed by atoms with van der Waals surface area (Å²) in [6.45, 7) is 4.08. The number of aromatic hydroxyl groups is 1. The fourth-order valence-corrected chi connectivity index (χ4v) is 4.60. The lowest BCUT2D eigenvalue weighted by atomic mass is 9.87. The summed E-state index contributed by atoms with van der Waals surface area (Å²) in [6, 6.07) is 9.49. The molecule has 0 spiro atoms. The van der Waals surface area contributed by atoms with Gasteiger partial charge in [-0.3, -0.25) is 4.99 Å². The summed E-state index contributed by atoms with van der Waals surface area (Å²) >= 11 is 0. The van der Waals surface area contributed by atoms with Crippen LogP contribution >= 0.6 is 0 Å². The van der Waals surface area contributed by atoms with E-state index in [4.69, 9.17) is 23.9 Å². The van der Waals surface area contributed by atoms with Gasteiger partial charge in [0.1, 0.15) is 28.7 Å². The quantitative estimate of drug-likeness (QED) is 0.628. The zero-order chi connectivity index (χ0) is 22.3. The molecule has 1 aliphatic rings. The summed E-state index contributed by atoms with van der Waals surface area (Å²) in [5.74, 6) is 2.50. The number of fused-ring (bicyclic) bond motifs is 2. The molecule has 162 valence electrons. The molecule has 0 saturated carbocycles. The van der Waals surface area contributed by atoms with Crippen LogP contribution in [0, 0.1) is 0 Å². The van der Waals surface area contributed by atoms with Crippen LogP contribution in [0.5, 0.6) is 28.7 Å². The first kappa shape index (κ1) is 20.8. The van der Waals surface area contributed by atoms with Crippen LogP contribution in [0.2, 0.25) is 0 Å². The standard InChI is InChI=1S/C25H27NO5/c1-13-10-15-11-19(29-4)24(25(31-6)21(15)14(2)26-13)22-16-8-7-9-18(28-3)23(16)20(30-5)12-17(22)27/h7-9,11-13,27H,10H2,1-6H3/t13-/m0/s1. The van der Waals surface area contributed by atoms with Gasteiger partial charge in [0.2, 0.25) is 0 Å². The van der Waals surface area contributed by atoms with Gasteiger partial charge >= 0.3 is 0 Å². The summed E-state index contributed by atoms with van der Waals surface area (Å²) in [7, 11) is 6.44. The van der Waals surface area contributed by atoms with Crippen LogP contribution in [0.1, 0.15) is 25.0 Å². The van der Waals surface area contributed by atoms with Crippen LogP contribution < -0.4 is 18.9 Å². The van der Waals surface area contributed by atoms with Crippen molar-refractivity contribution in [3.63, 3.8) is 0 Å². The molecule has 3 aromatic carbocycles. The van der Waals surface area contributed by atoms with Crippen LogP contribution in [0.3, 0.4) is 0 Å². The van der Waals surface area contributed by atoms with Crippen LogP contribution in [-0.4, -0.2) is 45.3 Å². The summed E-state index contributed by atoms with van der Waals surface area (Å²) in [6.07, 6.45) is 0.794. The molecular formula is C25H27NO5. The minimum atomic E-state index is 0.0629. The molecule has 0 unspecified atom stereocenters. The smallest absolute Gasteiger partial charge is 0.139 e. The lowest BCUT2D eigenvalue weighted by molar-refractivity contribution is 0.393. The topological polar surface area (TPSA) is 69.5 Å². The lowest BCUT2D eigenvalue weighted by Gasteiger charge is -2.26. The van der Waals surface area contributed by atoms with Crippen molar-refractivity contribution in [1.82, 2.24) is 0 Å². The van der Waals surface area contributed by atoms with Crippen molar-refractivity contribution in [2.45, 2.75) is 26.3 Å². The first-order chi connectivity index (χ1) is 14.9. The summed E-state index contributed by atoms with van der Waals surface area (Å²) in [4.78, 5) is 4.76. The molecule has 0 aromatic heterocycles. The Kier molecular flexibility index (Phi) is 5.39. The minimum absolute atomic E-state index is 0.0629. The second-order valence-corrected chi connectivity index (χ2v) is 7.64. The van der Waals surface area contributed by atoms with Crippen molar-refractivity contribution in [2.75, 3.05) is 28.4 Å². The number of nitrogens with zero attached hydrogens (tertiary/aromatic N) is 1. The van der Waals surface area contributed by atoms with E-state index < -0.39 is 0 Å². The molecule has 1 N–H and O–H groups in total. The number of hydrogen-bond acceptors (Lipinski definition) is 6. The average molecular weight is 421 g/mol. The third-order valence-electron chi connectivity index (χ3n) is 5.80. The zero-order valence-electron chi connectivity index (χ0n) is 18.7.